The van der Waals surface area contributed by atoms with Crippen LogP contribution >= 0.6 is 15.9 Å². The smallest absolute Gasteiger partial charge is 0.162 e. The van der Waals surface area contributed by atoms with Gasteiger partial charge in [-0.3, -0.25) is 9.78 Å². The molecule has 0 aliphatic heterocycles. The molecule has 0 bridgehead atoms. The first-order valence-corrected chi connectivity index (χ1v) is 5.91. The average Bonchev–Trinajstić information content (AvgIpc) is 2.14. The fourth-order valence-electron chi connectivity index (χ4n) is 1.13. The van der Waals surface area contributed by atoms with E-state index in [4.69, 9.17) is 4.74 Å². The van der Waals surface area contributed by atoms with Crippen molar-refractivity contribution in [2.24, 2.45) is 0 Å². The number of carbonyl (C=O) groups excluding carboxylic acids is 1. The fraction of sp³-hybridized carbons (Fsp3) is 0.500. The minimum atomic E-state index is -0.273. The van der Waals surface area contributed by atoms with Crippen molar-refractivity contribution in [3.05, 3.63) is 28.5 Å². The van der Waals surface area contributed by atoms with Gasteiger partial charge in [0.2, 0.25) is 0 Å². The summed E-state index contributed by atoms with van der Waals surface area (Å²) in [6.07, 6.45) is 3.75. The molecule has 1 aromatic heterocycles. The SMILES string of the molecule is CC(C)(C)OCC(=O)Cc1cncc(Br)c1. The number of carbonyl (C=O) groups is 1. The average molecular weight is 286 g/mol. The van der Waals surface area contributed by atoms with Crippen LogP contribution in [0.3, 0.4) is 0 Å². The number of aromatic nitrogens is 1. The first kappa shape index (κ1) is 13.3. The Balaban J connectivity index is 2.46. The van der Waals surface area contributed by atoms with Crippen LogP contribution in [0, 0.1) is 0 Å². The van der Waals surface area contributed by atoms with E-state index in [-0.39, 0.29) is 18.0 Å². The van der Waals surface area contributed by atoms with Crippen molar-refractivity contribution in [3.63, 3.8) is 0 Å². The quantitative estimate of drug-likeness (QED) is 0.854. The predicted molar refractivity (Wildman–Crippen MR) is 66.4 cm³/mol. The molecule has 0 amide bonds. The molecule has 0 saturated heterocycles. The standard InChI is InChI=1S/C12H16BrNO2/c1-12(2,3)16-8-11(15)5-9-4-10(13)7-14-6-9/h4,6-7H,5,8H2,1-3H3. The second-order valence-electron chi connectivity index (χ2n) is 4.63. The zero-order valence-electron chi connectivity index (χ0n) is 9.79. The lowest BCUT2D eigenvalue weighted by Gasteiger charge is -2.18. The lowest BCUT2D eigenvalue weighted by molar-refractivity contribution is -0.127. The predicted octanol–water partition coefficient (Wildman–Crippen LogP) is 2.77. The monoisotopic (exact) mass is 285 g/mol. The Morgan fingerprint density at radius 2 is 2.12 bits per heavy atom. The van der Waals surface area contributed by atoms with Gasteiger partial charge in [-0.05, 0) is 48.3 Å². The number of hydrogen-bond donors (Lipinski definition) is 0. The third-order valence-electron chi connectivity index (χ3n) is 1.83. The van der Waals surface area contributed by atoms with Gasteiger partial charge in [0.1, 0.15) is 6.61 Å². The fourth-order valence-corrected chi connectivity index (χ4v) is 1.54. The van der Waals surface area contributed by atoms with Gasteiger partial charge >= 0.3 is 0 Å². The molecule has 0 saturated carbocycles. The minimum absolute atomic E-state index is 0.0647. The van der Waals surface area contributed by atoms with Crippen LogP contribution in [0.25, 0.3) is 0 Å². The van der Waals surface area contributed by atoms with Gasteiger partial charge in [0.15, 0.2) is 5.78 Å². The van der Waals surface area contributed by atoms with Crippen LogP contribution in [-0.4, -0.2) is 23.0 Å². The molecule has 88 valence electrons. The maximum absolute atomic E-state index is 11.6. The molecular formula is C12H16BrNO2. The second-order valence-corrected chi connectivity index (χ2v) is 5.54. The van der Waals surface area contributed by atoms with E-state index in [1.165, 1.54) is 0 Å². The topological polar surface area (TPSA) is 39.2 Å². The summed E-state index contributed by atoms with van der Waals surface area (Å²) in [6, 6.07) is 1.89. The van der Waals surface area contributed by atoms with E-state index in [0.717, 1.165) is 10.0 Å². The Hall–Kier alpha value is -0.740. The Morgan fingerprint density at radius 3 is 2.69 bits per heavy atom. The van der Waals surface area contributed by atoms with Crippen LogP contribution in [-0.2, 0) is 16.0 Å². The molecule has 16 heavy (non-hydrogen) atoms. The van der Waals surface area contributed by atoms with Crippen LogP contribution in [0.4, 0.5) is 0 Å². The first-order chi connectivity index (χ1) is 7.37. The number of nitrogens with zero attached hydrogens (tertiary/aromatic N) is 1. The Morgan fingerprint density at radius 1 is 1.44 bits per heavy atom. The summed E-state index contributed by atoms with van der Waals surface area (Å²) < 4.78 is 6.30. The second kappa shape index (κ2) is 5.55. The Kier molecular flexibility index (Phi) is 4.62. The lowest BCUT2D eigenvalue weighted by atomic mass is 10.1. The van der Waals surface area contributed by atoms with Crippen molar-refractivity contribution in [2.75, 3.05) is 6.61 Å². The van der Waals surface area contributed by atoms with Crippen molar-refractivity contribution >= 4 is 21.7 Å². The zero-order valence-corrected chi connectivity index (χ0v) is 11.4. The molecule has 0 aliphatic rings. The third-order valence-corrected chi connectivity index (χ3v) is 2.26. The molecule has 0 N–H and O–H groups in total. The van der Waals surface area contributed by atoms with Crippen molar-refractivity contribution in [1.29, 1.82) is 0 Å². The zero-order chi connectivity index (χ0) is 12.2. The highest BCUT2D eigenvalue weighted by molar-refractivity contribution is 9.10. The molecule has 3 nitrogen and oxygen atoms in total. The van der Waals surface area contributed by atoms with Crippen molar-refractivity contribution in [2.45, 2.75) is 32.8 Å². The highest BCUT2D eigenvalue weighted by Gasteiger charge is 2.13. The molecular weight excluding hydrogens is 270 g/mol. The van der Waals surface area contributed by atoms with Crippen LogP contribution in [0.5, 0.6) is 0 Å². The van der Waals surface area contributed by atoms with Gasteiger partial charge in [0.05, 0.1) is 5.60 Å². The van der Waals surface area contributed by atoms with Gasteiger partial charge < -0.3 is 4.74 Å². The maximum atomic E-state index is 11.6. The van der Waals surface area contributed by atoms with Gasteiger partial charge in [0, 0.05) is 23.3 Å². The van der Waals surface area contributed by atoms with Gasteiger partial charge in [-0.2, -0.15) is 0 Å². The minimum Gasteiger partial charge on any atom is -0.368 e. The third kappa shape index (κ3) is 5.37. The molecule has 0 aliphatic carbocycles. The molecule has 0 spiro atoms. The van der Waals surface area contributed by atoms with Crippen molar-refractivity contribution < 1.29 is 9.53 Å². The van der Waals surface area contributed by atoms with Gasteiger partial charge in [-0.1, -0.05) is 0 Å². The number of rotatable bonds is 4. The normalized spacial score (nSPS) is 11.5. The summed E-state index contributed by atoms with van der Waals surface area (Å²) in [6.45, 7) is 5.94. The van der Waals surface area contributed by atoms with Crippen LogP contribution in [0.1, 0.15) is 26.3 Å². The number of Topliss-reactive ketones (excluding diaryl/α,β-unsaturated/α-hetero) is 1. The van der Waals surface area contributed by atoms with E-state index in [1.54, 1.807) is 12.4 Å². The number of pyridine rings is 1. The number of hydrogen-bond acceptors (Lipinski definition) is 3. The van der Waals surface area contributed by atoms with Crippen LogP contribution in [0.2, 0.25) is 0 Å². The van der Waals surface area contributed by atoms with Crippen molar-refractivity contribution in [3.8, 4) is 0 Å². The van der Waals surface area contributed by atoms with E-state index < -0.39 is 0 Å². The lowest BCUT2D eigenvalue weighted by Crippen LogP contribution is -2.24. The number of ether oxygens (including phenoxy) is 1. The molecule has 4 heteroatoms. The maximum Gasteiger partial charge on any atom is 0.162 e. The highest BCUT2D eigenvalue weighted by Crippen LogP contribution is 2.11. The summed E-state index contributed by atoms with van der Waals surface area (Å²) in [5.74, 6) is 0.0647. The molecule has 1 rings (SSSR count). The van der Waals surface area contributed by atoms with E-state index in [2.05, 4.69) is 20.9 Å². The molecule has 0 aromatic carbocycles. The molecule has 0 fully saturated rings. The molecule has 0 radical (unpaired) electrons. The summed E-state index contributed by atoms with van der Waals surface area (Å²) in [7, 11) is 0. The summed E-state index contributed by atoms with van der Waals surface area (Å²) >= 11 is 3.32. The van der Waals surface area contributed by atoms with Gasteiger partial charge in [0.25, 0.3) is 0 Å². The Labute approximate surface area is 104 Å². The van der Waals surface area contributed by atoms with Gasteiger partial charge in [-0.25, -0.2) is 0 Å². The molecule has 1 heterocycles. The van der Waals surface area contributed by atoms with E-state index >= 15 is 0 Å². The number of ketones is 1. The van der Waals surface area contributed by atoms with E-state index in [1.807, 2.05) is 26.8 Å². The number of halogens is 1. The van der Waals surface area contributed by atoms with E-state index in [9.17, 15) is 4.79 Å². The van der Waals surface area contributed by atoms with E-state index in [0.29, 0.717) is 6.42 Å². The first-order valence-electron chi connectivity index (χ1n) is 5.12. The van der Waals surface area contributed by atoms with Crippen LogP contribution in [0.15, 0.2) is 22.9 Å². The van der Waals surface area contributed by atoms with Crippen LogP contribution < -0.4 is 0 Å². The summed E-state index contributed by atoms with van der Waals surface area (Å²) in [4.78, 5) is 15.6. The van der Waals surface area contributed by atoms with Crippen molar-refractivity contribution in [1.82, 2.24) is 4.98 Å². The molecule has 1 aromatic rings. The van der Waals surface area contributed by atoms with Gasteiger partial charge in [-0.15, -0.1) is 0 Å². The molecule has 0 atom stereocenters. The highest BCUT2D eigenvalue weighted by atomic mass is 79.9. The summed E-state index contributed by atoms with van der Waals surface area (Å²) in [5.41, 5.74) is 0.627. The largest absolute Gasteiger partial charge is 0.368 e. The molecule has 0 unspecified atom stereocenters. The Bertz CT molecular complexity index is 372. The summed E-state index contributed by atoms with van der Waals surface area (Å²) in [5, 5.41) is 0.